The molecule has 0 aliphatic carbocycles. The number of ether oxygens (including phenoxy) is 1. The molecule has 2 aliphatic rings. The molecule has 0 unspecified atom stereocenters. The average molecular weight is 429 g/mol. The number of piperazine rings is 1. The normalized spacial score (nSPS) is 21.2. The van der Waals surface area contributed by atoms with Crippen LogP contribution in [0.25, 0.3) is 10.2 Å². The van der Waals surface area contributed by atoms with Gasteiger partial charge in [-0.1, -0.05) is 35.1 Å². The summed E-state index contributed by atoms with van der Waals surface area (Å²) in [5.74, 6) is 0.774. The fourth-order valence-electron chi connectivity index (χ4n) is 4.31. The van der Waals surface area contributed by atoms with Crippen molar-refractivity contribution in [1.82, 2.24) is 14.8 Å². The molecule has 2 N–H and O–H groups in total. The summed E-state index contributed by atoms with van der Waals surface area (Å²) in [6.45, 7) is 2.68. The Hall–Kier alpha value is -2.35. The lowest BCUT2D eigenvalue weighted by molar-refractivity contribution is 0.142. The number of thiazole rings is 1. The van der Waals surface area contributed by atoms with Crippen LogP contribution in [0.3, 0.4) is 0 Å². The van der Waals surface area contributed by atoms with E-state index in [1.807, 2.05) is 35.2 Å². The van der Waals surface area contributed by atoms with E-state index in [1.165, 1.54) is 16.9 Å². The lowest BCUT2D eigenvalue weighted by atomic mass is 10.1. The number of hydrogen-bond donors (Lipinski definition) is 1. The number of carbonyl (C=O) groups excluding carboxylic acids is 1. The Kier molecular flexibility index (Phi) is 4.81. The number of nitrogens with zero attached hydrogens (tertiary/aromatic N) is 3. The molecule has 3 aromatic rings. The quantitative estimate of drug-likeness (QED) is 0.663. The molecule has 0 radical (unpaired) electrons. The summed E-state index contributed by atoms with van der Waals surface area (Å²) < 4.78 is 6.93. The van der Waals surface area contributed by atoms with E-state index in [9.17, 15) is 4.79 Å². The van der Waals surface area contributed by atoms with E-state index in [0.717, 1.165) is 48.4 Å². The van der Waals surface area contributed by atoms with Crippen LogP contribution >= 0.6 is 22.9 Å². The van der Waals surface area contributed by atoms with Crippen molar-refractivity contribution in [3.63, 3.8) is 0 Å². The first kappa shape index (κ1) is 18.7. The summed E-state index contributed by atoms with van der Waals surface area (Å²) in [7, 11) is 0. The van der Waals surface area contributed by atoms with Crippen LogP contribution in [0, 0.1) is 0 Å². The van der Waals surface area contributed by atoms with Gasteiger partial charge in [0.1, 0.15) is 5.75 Å². The Labute approximate surface area is 177 Å². The SMILES string of the molecule is NC(=O)N1C[C@H]2C[C@H]1CN2CCc1ccc(Oc2nc3ccc(Cl)cc3s2)cc1. The molecule has 0 saturated carbocycles. The zero-order valence-corrected chi connectivity index (χ0v) is 17.3. The molecule has 150 valence electrons. The Balaban J connectivity index is 1.17. The largest absolute Gasteiger partial charge is 0.431 e. The number of halogens is 1. The standard InChI is InChI=1S/C21H21ClN4O2S/c22-14-3-6-18-19(9-14)29-21(24-18)28-17-4-1-13(2-5-17)7-8-25-11-16-10-15(25)12-26(16)20(23)27/h1-6,9,15-16H,7-8,10-12H2,(H2,23,27)/t15-,16+/m1/s1. The van der Waals surface area contributed by atoms with Crippen LogP contribution in [0.1, 0.15) is 12.0 Å². The van der Waals surface area contributed by atoms with Crippen molar-refractivity contribution in [3.05, 3.63) is 53.1 Å². The van der Waals surface area contributed by atoms with Crippen molar-refractivity contribution in [1.29, 1.82) is 0 Å². The average Bonchev–Trinajstić information content (AvgIpc) is 3.40. The van der Waals surface area contributed by atoms with Crippen LogP contribution in [-0.2, 0) is 6.42 Å². The highest BCUT2D eigenvalue weighted by Crippen LogP contribution is 2.33. The molecular formula is C21H21ClN4O2S. The van der Waals surface area contributed by atoms with Gasteiger partial charge in [0.25, 0.3) is 5.19 Å². The van der Waals surface area contributed by atoms with Crippen molar-refractivity contribution in [2.45, 2.75) is 24.9 Å². The van der Waals surface area contributed by atoms with E-state index >= 15 is 0 Å². The van der Waals surface area contributed by atoms with Gasteiger partial charge in [0.2, 0.25) is 0 Å². The van der Waals surface area contributed by atoms with Gasteiger partial charge in [0.15, 0.2) is 0 Å². The van der Waals surface area contributed by atoms with Crippen molar-refractivity contribution >= 4 is 39.2 Å². The molecule has 2 aliphatic heterocycles. The second kappa shape index (κ2) is 7.48. The van der Waals surface area contributed by atoms with Gasteiger partial charge in [-0.25, -0.2) is 9.78 Å². The van der Waals surface area contributed by atoms with Crippen LogP contribution in [0.15, 0.2) is 42.5 Å². The summed E-state index contributed by atoms with van der Waals surface area (Å²) in [5.41, 5.74) is 7.60. The highest BCUT2D eigenvalue weighted by molar-refractivity contribution is 7.20. The second-order valence-electron chi connectivity index (χ2n) is 7.62. The zero-order chi connectivity index (χ0) is 20.0. The number of carbonyl (C=O) groups is 1. The molecule has 1 aromatic heterocycles. The number of hydrogen-bond acceptors (Lipinski definition) is 5. The third-order valence-electron chi connectivity index (χ3n) is 5.78. The third-order valence-corrected chi connectivity index (χ3v) is 6.92. The number of nitrogens with two attached hydrogens (primary N) is 1. The molecule has 0 spiro atoms. The molecule has 6 nitrogen and oxygen atoms in total. The van der Waals surface area contributed by atoms with E-state index in [1.54, 1.807) is 0 Å². The van der Waals surface area contributed by atoms with E-state index < -0.39 is 0 Å². The third kappa shape index (κ3) is 3.77. The van der Waals surface area contributed by atoms with Crippen LogP contribution in [0.2, 0.25) is 5.02 Å². The number of urea groups is 1. The molecule has 29 heavy (non-hydrogen) atoms. The first-order valence-electron chi connectivity index (χ1n) is 9.68. The van der Waals surface area contributed by atoms with Crippen LogP contribution in [0.5, 0.6) is 10.9 Å². The molecule has 2 aromatic carbocycles. The van der Waals surface area contributed by atoms with E-state index in [0.29, 0.717) is 16.3 Å². The van der Waals surface area contributed by atoms with Crippen LogP contribution in [0.4, 0.5) is 4.79 Å². The van der Waals surface area contributed by atoms with Crippen LogP contribution < -0.4 is 10.5 Å². The maximum absolute atomic E-state index is 11.4. The van der Waals surface area contributed by atoms with Crippen molar-refractivity contribution < 1.29 is 9.53 Å². The maximum atomic E-state index is 11.4. The lowest BCUT2D eigenvalue weighted by Gasteiger charge is -2.33. The predicted molar refractivity (Wildman–Crippen MR) is 115 cm³/mol. The Morgan fingerprint density at radius 1 is 1.21 bits per heavy atom. The van der Waals surface area contributed by atoms with Gasteiger partial charge >= 0.3 is 6.03 Å². The predicted octanol–water partition coefficient (Wildman–Crippen LogP) is 4.12. The fraction of sp³-hybridized carbons (Fsp3) is 0.333. The minimum Gasteiger partial charge on any atom is -0.431 e. The topological polar surface area (TPSA) is 71.7 Å². The summed E-state index contributed by atoms with van der Waals surface area (Å²) in [5, 5.41) is 1.31. The maximum Gasteiger partial charge on any atom is 0.315 e. The molecule has 2 atom stereocenters. The second-order valence-corrected chi connectivity index (χ2v) is 9.05. The van der Waals surface area contributed by atoms with Crippen molar-refractivity contribution in [2.24, 2.45) is 5.73 Å². The molecule has 2 fully saturated rings. The minimum absolute atomic E-state index is 0.288. The van der Waals surface area contributed by atoms with Crippen LogP contribution in [-0.4, -0.2) is 52.5 Å². The molecular weight excluding hydrogens is 408 g/mol. The monoisotopic (exact) mass is 428 g/mol. The minimum atomic E-state index is -0.288. The number of fused-ring (bicyclic) bond motifs is 3. The number of rotatable bonds is 5. The van der Waals surface area contributed by atoms with Gasteiger partial charge in [-0.05, 0) is 48.7 Å². The van der Waals surface area contributed by atoms with Gasteiger partial charge < -0.3 is 15.4 Å². The molecule has 2 amide bonds. The number of aromatic nitrogens is 1. The fourth-order valence-corrected chi connectivity index (χ4v) is 5.42. The van der Waals surface area contributed by atoms with E-state index in [2.05, 4.69) is 22.0 Å². The van der Waals surface area contributed by atoms with Crippen molar-refractivity contribution in [2.75, 3.05) is 19.6 Å². The Bertz CT molecular complexity index is 1050. The molecule has 5 rings (SSSR count). The Morgan fingerprint density at radius 3 is 2.76 bits per heavy atom. The Morgan fingerprint density at radius 2 is 2.03 bits per heavy atom. The number of benzene rings is 2. The van der Waals surface area contributed by atoms with Gasteiger partial charge in [-0.15, -0.1) is 0 Å². The summed E-state index contributed by atoms with van der Waals surface area (Å²) in [6, 6.07) is 14.3. The zero-order valence-electron chi connectivity index (χ0n) is 15.8. The first-order valence-corrected chi connectivity index (χ1v) is 10.9. The highest BCUT2D eigenvalue weighted by atomic mass is 35.5. The number of primary amides is 1. The van der Waals surface area contributed by atoms with Gasteiger partial charge in [-0.3, -0.25) is 4.90 Å². The number of likely N-dealkylation sites (tertiary alicyclic amines) is 2. The molecule has 3 heterocycles. The number of amides is 2. The summed E-state index contributed by atoms with van der Waals surface area (Å²) in [4.78, 5) is 20.2. The van der Waals surface area contributed by atoms with Gasteiger partial charge in [0, 0.05) is 36.7 Å². The van der Waals surface area contributed by atoms with E-state index in [4.69, 9.17) is 22.1 Å². The smallest absolute Gasteiger partial charge is 0.315 e. The molecule has 2 bridgehead atoms. The van der Waals surface area contributed by atoms with Gasteiger partial charge in [-0.2, -0.15) is 0 Å². The van der Waals surface area contributed by atoms with E-state index in [-0.39, 0.29) is 12.1 Å². The lowest BCUT2D eigenvalue weighted by Crippen LogP contribution is -2.50. The highest BCUT2D eigenvalue weighted by Gasteiger charge is 2.44. The van der Waals surface area contributed by atoms with Gasteiger partial charge in [0.05, 0.1) is 10.2 Å². The first-order chi connectivity index (χ1) is 14.0. The molecule has 8 heteroatoms. The molecule has 2 saturated heterocycles. The summed E-state index contributed by atoms with van der Waals surface area (Å²) in [6.07, 6.45) is 2.02. The van der Waals surface area contributed by atoms with Crippen molar-refractivity contribution in [3.8, 4) is 10.9 Å². The summed E-state index contributed by atoms with van der Waals surface area (Å²) >= 11 is 7.52.